The molecule has 4 unspecified atom stereocenters. The minimum Gasteiger partial charge on any atom is -0.372 e. The van der Waals surface area contributed by atoms with Crippen LogP contribution in [0.4, 0.5) is 0 Å². The molecule has 1 aliphatic rings. The normalized spacial score (nSPS) is 52.0. The van der Waals surface area contributed by atoms with Gasteiger partial charge in [-0.2, -0.15) is 0 Å². The highest BCUT2D eigenvalue weighted by Crippen LogP contribution is 2.29. The summed E-state index contributed by atoms with van der Waals surface area (Å²) < 4.78 is 5.32. The number of ether oxygens (including phenoxy) is 1. The predicted octanol–water partition coefficient (Wildman–Crippen LogP) is 2.01. The Kier molecular flexibility index (Phi) is 2.25. The van der Waals surface area contributed by atoms with Crippen molar-refractivity contribution in [2.45, 2.75) is 36.8 Å². The van der Waals surface area contributed by atoms with E-state index in [2.05, 4.69) is 0 Å². The third-order valence-corrected chi connectivity index (χ3v) is 3.01. The van der Waals surface area contributed by atoms with Crippen molar-refractivity contribution in [3.63, 3.8) is 0 Å². The topological polar surface area (TPSA) is 9.23 Å². The predicted molar refractivity (Wildman–Crippen MR) is 39.3 cm³/mol. The Balaban J connectivity index is 2.54. The van der Waals surface area contributed by atoms with Crippen molar-refractivity contribution in [3.8, 4) is 0 Å². The summed E-state index contributed by atoms with van der Waals surface area (Å²) in [6.45, 7) is 3.88. The van der Waals surface area contributed by atoms with Crippen molar-refractivity contribution in [3.05, 3.63) is 0 Å². The van der Waals surface area contributed by atoms with Gasteiger partial charge in [0, 0.05) is 0 Å². The Hall–Kier alpha value is 0.540. The molecule has 1 nitrogen and oxygen atoms in total. The van der Waals surface area contributed by atoms with E-state index >= 15 is 0 Å². The summed E-state index contributed by atoms with van der Waals surface area (Å²) in [6.07, 6.45) is 0.202. The van der Waals surface area contributed by atoms with Gasteiger partial charge in [-0.05, 0) is 13.8 Å². The fraction of sp³-hybridized carbons (Fsp3) is 1.00. The third-order valence-electron chi connectivity index (χ3n) is 1.63. The Morgan fingerprint density at radius 3 is 1.44 bits per heavy atom. The van der Waals surface area contributed by atoms with Crippen molar-refractivity contribution >= 4 is 23.2 Å². The van der Waals surface area contributed by atoms with E-state index < -0.39 is 0 Å². The number of hydrogen-bond donors (Lipinski definition) is 0. The second kappa shape index (κ2) is 2.65. The van der Waals surface area contributed by atoms with Gasteiger partial charge in [0.05, 0.1) is 23.0 Å². The smallest absolute Gasteiger partial charge is 0.0784 e. The minimum absolute atomic E-state index is 0.0262. The maximum Gasteiger partial charge on any atom is 0.0784 e. The Labute approximate surface area is 65.3 Å². The molecule has 0 aromatic rings. The third kappa shape index (κ3) is 1.34. The summed E-state index contributed by atoms with van der Waals surface area (Å²) in [5, 5.41) is -0.0525. The molecular formula is C6H10Cl2O. The van der Waals surface area contributed by atoms with E-state index in [-0.39, 0.29) is 23.0 Å². The first kappa shape index (κ1) is 7.64. The molecule has 1 fully saturated rings. The number of rotatable bonds is 0. The zero-order chi connectivity index (χ0) is 7.02. The average Bonchev–Trinajstić information content (AvgIpc) is 1.98. The molecule has 1 saturated heterocycles. The Morgan fingerprint density at radius 2 is 1.33 bits per heavy atom. The van der Waals surface area contributed by atoms with E-state index in [1.54, 1.807) is 0 Å². The molecule has 1 aliphatic heterocycles. The lowest BCUT2D eigenvalue weighted by Crippen LogP contribution is -2.19. The van der Waals surface area contributed by atoms with E-state index in [0.29, 0.717) is 0 Å². The van der Waals surface area contributed by atoms with Crippen LogP contribution in [-0.2, 0) is 4.74 Å². The van der Waals surface area contributed by atoms with Gasteiger partial charge >= 0.3 is 0 Å². The SMILES string of the molecule is CC1OC(C)C(Cl)C1Cl. The molecule has 0 radical (unpaired) electrons. The molecule has 1 rings (SSSR count). The van der Waals surface area contributed by atoms with E-state index in [4.69, 9.17) is 27.9 Å². The molecule has 9 heavy (non-hydrogen) atoms. The molecule has 0 bridgehead atoms. The molecule has 0 amide bonds. The lowest BCUT2D eigenvalue weighted by atomic mass is 10.2. The maximum atomic E-state index is 5.85. The van der Waals surface area contributed by atoms with Crippen molar-refractivity contribution in [1.82, 2.24) is 0 Å². The Bertz CT molecular complexity index is 95.2. The van der Waals surface area contributed by atoms with Crippen LogP contribution >= 0.6 is 23.2 Å². The van der Waals surface area contributed by atoms with Gasteiger partial charge in [0.25, 0.3) is 0 Å². The van der Waals surface area contributed by atoms with E-state index in [9.17, 15) is 0 Å². The standard InChI is InChI=1S/C6H10Cl2O/c1-3-5(7)6(8)4(2)9-3/h3-6H,1-2H3. The molecule has 0 saturated carbocycles. The van der Waals surface area contributed by atoms with Crippen LogP contribution in [0.2, 0.25) is 0 Å². The minimum atomic E-state index is -0.0262. The molecule has 0 spiro atoms. The summed E-state index contributed by atoms with van der Waals surface area (Å²) in [6, 6.07) is 0. The van der Waals surface area contributed by atoms with Crippen molar-refractivity contribution in [2.75, 3.05) is 0 Å². The highest BCUT2D eigenvalue weighted by molar-refractivity contribution is 6.30. The highest BCUT2D eigenvalue weighted by Gasteiger charge is 2.36. The first-order valence-corrected chi connectivity index (χ1v) is 3.94. The van der Waals surface area contributed by atoms with E-state index in [1.807, 2.05) is 13.8 Å². The van der Waals surface area contributed by atoms with Gasteiger partial charge in [0.15, 0.2) is 0 Å². The largest absolute Gasteiger partial charge is 0.372 e. The van der Waals surface area contributed by atoms with Gasteiger partial charge in [0.2, 0.25) is 0 Å². The van der Waals surface area contributed by atoms with Crippen molar-refractivity contribution in [1.29, 1.82) is 0 Å². The molecule has 1 heterocycles. The zero-order valence-electron chi connectivity index (χ0n) is 5.47. The number of alkyl halides is 2. The molecule has 0 aliphatic carbocycles. The molecule has 3 heteroatoms. The van der Waals surface area contributed by atoms with Crippen LogP contribution in [0, 0.1) is 0 Å². The van der Waals surface area contributed by atoms with Crippen LogP contribution in [0.15, 0.2) is 0 Å². The number of hydrogen-bond acceptors (Lipinski definition) is 1. The first-order valence-electron chi connectivity index (χ1n) is 3.06. The van der Waals surface area contributed by atoms with Gasteiger partial charge in [-0.25, -0.2) is 0 Å². The van der Waals surface area contributed by atoms with Crippen molar-refractivity contribution in [2.24, 2.45) is 0 Å². The van der Waals surface area contributed by atoms with Gasteiger partial charge < -0.3 is 4.74 Å². The lowest BCUT2D eigenvalue weighted by Gasteiger charge is -2.05. The van der Waals surface area contributed by atoms with Crippen LogP contribution in [0.3, 0.4) is 0 Å². The second-order valence-corrected chi connectivity index (χ2v) is 3.44. The molecular weight excluding hydrogens is 159 g/mol. The van der Waals surface area contributed by atoms with Crippen LogP contribution in [0.5, 0.6) is 0 Å². The van der Waals surface area contributed by atoms with Crippen LogP contribution in [0.25, 0.3) is 0 Å². The van der Waals surface area contributed by atoms with Gasteiger partial charge in [-0.1, -0.05) is 0 Å². The van der Waals surface area contributed by atoms with Gasteiger partial charge in [-0.3, -0.25) is 0 Å². The molecule has 54 valence electrons. The van der Waals surface area contributed by atoms with Crippen LogP contribution in [-0.4, -0.2) is 23.0 Å². The zero-order valence-corrected chi connectivity index (χ0v) is 6.99. The quantitative estimate of drug-likeness (QED) is 0.504. The van der Waals surface area contributed by atoms with Crippen LogP contribution < -0.4 is 0 Å². The first-order chi connectivity index (χ1) is 4.13. The summed E-state index contributed by atoms with van der Waals surface area (Å²) in [5.41, 5.74) is 0. The molecule has 0 aromatic carbocycles. The number of halogens is 2. The highest BCUT2D eigenvalue weighted by atomic mass is 35.5. The summed E-state index contributed by atoms with van der Waals surface area (Å²) in [7, 11) is 0. The molecule has 0 aromatic heterocycles. The van der Waals surface area contributed by atoms with E-state index in [1.165, 1.54) is 0 Å². The monoisotopic (exact) mass is 168 g/mol. The average molecular weight is 169 g/mol. The summed E-state index contributed by atoms with van der Waals surface area (Å²) >= 11 is 11.7. The molecule has 4 atom stereocenters. The fourth-order valence-electron chi connectivity index (χ4n) is 1.01. The second-order valence-electron chi connectivity index (χ2n) is 2.44. The van der Waals surface area contributed by atoms with E-state index in [0.717, 1.165) is 0 Å². The van der Waals surface area contributed by atoms with Crippen LogP contribution in [0.1, 0.15) is 13.8 Å². The fourth-order valence-corrected chi connectivity index (χ4v) is 1.54. The van der Waals surface area contributed by atoms with Crippen molar-refractivity contribution < 1.29 is 4.74 Å². The summed E-state index contributed by atoms with van der Waals surface area (Å²) in [5.74, 6) is 0. The Morgan fingerprint density at radius 1 is 1.00 bits per heavy atom. The summed E-state index contributed by atoms with van der Waals surface area (Å²) in [4.78, 5) is 0. The molecule has 0 N–H and O–H groups in total. The van der Waals surface area contributed by atoms with Gasteiger partial charge in [0.1, 0.15) is 0 Å². The lowest BCUT2D eigenvalue weighted by molar-refractivity contribution is 0.0687. The van der Waals surface area contributed by atoms with Gasteiger partial charge in [-0.15, -0.1) is 23.2 Å². The maximum absolute atomic E-state index is 5.85.